The van der Waals surface area contributed by atoms with Gasteiger partial charge in [-0.05, 0) is 43.6 Å². The summed E-state index contributed by atoms with van der Waals surface area (Å²) in [6.07, 6.45) is 9.12. The highest BCUT2D eigenvalue weighted by atomic mass is 16.3. The number of amides is 2. The fourth-order valence-corrected chi connectivity index (χ4v) is 5.45. The number of hydrogen-bond acceptors (Lipinski definition) is 3. The van der Waals surface area contributed by atoms with Crippen LogP contribution < -0.4 is 5.32 Å². The molecule has 0 saturated heterocycles. The number of rotatable bonds is 7. The van der Waals surface area contributed by atoms with E-state index < -0.39 is 6.10 Å². The Morgan fingerprint density at radius 2 is 1.77 bits per heavy atom. The van der Waals surface area contributed by atoms with Crippen molar-refractivity contribution >= 4 is 11.8 Å². The summed E-state index contributed by atoms with van der Waals surface area (Å²) in [5.41, 5.74) is 0.984. The molecule has 2 N–H and O–H groups in total. The standard InChI is InChI=1S/C25H38N2O3/c1-19(28)26-18-25(21-10-4-3-5-11-21)16-14-22(23(29)15-17-25)27(2)24(30)13-12-20-8-6-7-9-20/h3-5,10-11,20,22-23,29H,6-9,12-18H2,1-2H3,(H,26,28)/t22-,23-,25+/m0/s1. The molecule has 0 spiro atoms. The Morgan fingerprint density at radius 3 is 2.43 bits per heavy atom. The molecule has 2 aliphatic rings. The van der Waals surface area contributed by atoms with E-state index >= 15 is 0 Å². The minimum absolute atomic E-state index is 0.0362. The summed E-state index contributed by atoms with van der Waals surface area (Å²) in [5.74, 6) is 0.815. The number of benzene rings is 1. The van der Waals surface area contributed by atoms with Crippen LogP contribution in [0.2, 0.25) is 0 Å². The van der Waals surface area contributed by atoms with Gasteiger partial charge in [-0.1, -0.05) is 56.0 Å². The zero-order valence-corrected chi connectivity index (χ0v) is 18.6. The number of hydrogen-bond donors (Lipinski definition) is 2. The first-order valence-corrected chi connectivity index (χ1v) is 11.6. The molecule has 0 radical (unpaired) electrons. The van der Waals surface area contributed by atoms with Crippen LogP contribution in [-0.2, 0) is 15.0 Å². The predicted octanol–water partition coefficient (Wildman–Crippen LogP) is 3.79. The van der Waals surface area contributed by atoms with Crippen LogP contribution in [0.1, 0.15) is 76.7 Å². The lowest BCUT2D eigenvalue weighted by Crippen LogP contribution is -2.44. The van der Waals surface area contributed by atoms with Gasteiger partial charge < -0.3 is 15.3 Å². The number of aliphatic hydroxyl groups is 1. The van der Waals surface area contributed by atoms with Crippen LogP contribution in [0.15, 0.2) is 30.3 Å². The fourth-order valence-electron chi connectivity index (χ4n) is 5.45. The van der Waals surface area contributed by atoms with E-state index in [2.05, 4.69) is 17.4 Å². The fraction of sp³-hybridized carbons (Fsp3) is 0.680. The lowest BCUT2D eigenvalue weighted by Gasteiger charge is -2.34. The second kappa shape index (κ2) is 10.4. The summed E-state index contributed by atoms with van der Waals surface area (Å²) in [7, 11) is 1.86. The number of nitrogens with zero attached hydrogens (tertiary/aromatic N) is 1. The molecule has 3 atom stereocenters. The summed E-state index contributed by atoms with van der Waals surface area (Å²) < 4.78 is 0. The lowest BCUT2D eigenvalue weighted by molar-refractivity contribution is -0.134. The van der Waals surface area contributed by atoms with Gasteiger partial charge in [-0.2, -0.15) is 0 Å². The molecule has 2 saturated carbocycles. The maximum atomic E-state index is 12.9. The number of carbonyl (C=O) groups excluding carboxylic acids is 2. The average molecular weight is 415 g/mol. The number of likely N-dealkylation sites (N-methyl/N-ethyl adjacent to an activating group) is 1. The van der Waals surface area contributed by atoms with E-state index in [0.717, 1.165) is 25.7 Å². The topological polar surface area (TPSA) is 69.6 Å². The Labute approximate surface area is 181 Å². The Bertz CT molecular complexity index is 702. The third-order valence-electron chi connectivity index (χ3n) is 7.48. The molecule has 30 heavy (non-hydrogen) atoms. The van der Waals surface area contributed by atoms with Gasteiger partial charge in [0.25, 0.3) is 0 Å². The molecular weight excluding hydrogens is 376 g/mol. The molecule has 2 fully saturated rings. The summed E-state index contributed by atoms with van der Waals surface area (Å²) in [5, 5.41) is 13.9. The van der Waals surface area contributed by atoms with E-state index in [0.29, 0.717) is 25.3 Å². The Morgan fingerprint density at radius 1 is 1.10 bits per heavy atom. The highest BCUT2D eigenvalue weighted by Gasteiger charge is 2.40. The van der Waals surface area contributed by atoms with Crippen molar-refractivity contribution in [2.75, 3.05) is 13.6 Å². The van der Waals surface area contributed by atoms with Gasteiger partial charge in [-0.3, -0.25) is 9.59 Å². The maximum Gasteiger partial charge on any atom is 0.222 e. The van der Waals surface area contributed by atoms with Crippen molar-refractivity contribution in [3.05, 3.63) is 35.9 Å². The van der Waals surface area contributed by atoms with Gasteiger partial charge in [0.05, 0.1) is 12.1 Å². The number of nitrogens with one attached hydrogen (secondary N) is 1. The largest absolute Gasteiger partial charge is 0.391 e. The molecule has 5 heteroatoms. The Balaban J connectivity index is 1.68. The molecular formula is C25H38N2O3. The van der Waals surface area contributed by atoms with Gasteiger partial charge >= 0.3 is 0 Å². The first kappa shape index (κ1) is 22.8. The summed E-state index contributed by atoms with van der Waals surface area (Å²) in [6, 6.07) is 10.1. The minimum atomic E-state index is -0.534. The maximum absolute atomic E-state index is 12.9. The second-order valence-corrected chi connectivity index (χ2v) is 9.46. The molecule has 0 heterocycles. The van der Waals surface area contributed by atoms with Crippen LogP contribution in [0, 0.1) is 5.92 Å². The first-order valence-electron chi connectivity index (χ1n) is 11.6. The van der Waals surface area contributed by atoms with E-state index in [1.54, 1.807) is 11.8 Å². The Hall–Kier alpha value is -1.88. The molecule has 0 unspecified atom stereocenters. The normalized spacial score (nSPS) is 27.4. The van der Waals surface area contributed by atoms with Crippen LogP contribution >= 0.6 is 0 Å². The number of carbonyl (C=O) groups is 2. The van der Waals surface area contributed by atoms with E-state index in [1.807, 2.05) is 25.2 Å². The summed E-state index contributed by atoms with van der Waals surface area (Å²) in [6.45, 7) is 2.11. The SMILES string of the molecule is CC(=O)NC[C@]1(c2ccccc2)CC[C@H](O)[C@@H](N(C)C(=O)CCC2CCCC2)CC1. The predicted molar refractivity (Wildman–Crippen MR) is 119 cm³/mol. The van der Waals surface area contributed by atoms with Gasteiger partial charge in [-0.25, -0.2) is 0 Å². The van der Waals surface area contributed by atoms with Crippen LogP contribution in [0.4, 0.5) is 0 Å². The van der Waals surface area contributed by atoms with E-state index in [4.69, 9.17) is 0 Å². The van der Waals surface area contributed by atoms with Crippen molar-refractivity contribution in [1.29, 1.82) is 0 Å². The molecule has 1 aromatic carbocycles. The highest BCUT2D eigenvalue weighted by Crippen LogP contribution is 2.39. The van der Waals surface area contributed by atoms with Gasteiger partial charge in [0.1, 0.15) is 0 Å². The smallest absolute Gasteiger partial charge is 0.222 e. The monoisotopic (exact) mass is 414 g/mol. The van der Waals surface area contributed by atoms with Crippen LogP contribution in [0.5, 0.6) is 0 Å². The summed E-state index contributed by atoms with van der Waals surface area (Å²) in [4.78, 5) is 26.3. The van der Waals surface area contributed by atoms with Crippen molar-refractivity contribution in [3.8, 4) is 0 Å². The molecule has 166 valence electrons. The van der Waals surface area contributed by atoms with Crippen molar-refractivity contribution in [3.63, 3.8) is 0 Å². The van der Waals surface area contributed by atoms with Gasteiger partial charge in [0, 0.05) is 32.4 Å². The molecule has 5 nitrogen and oxygen atoms in total. The molecule has 0 aliphatic heterocycles. The van der Waals surface area contributed by atoms with Crippen molar-refractivity contribution in [2.45, 2.75) is 88.7 Å². The first-order chi connectivity index (χ1) is 14.4. The molecule has 0 bridgehead atoms. The quantitative estimate of drug-likeness (QED) is 0.667. The van der Waals surface area contributed by atoms with Crippen molar-refractivity contribution in [1.82, 2.24) is 10.2 Å². The van der Waals surface area contributed by atoms with Crippen molar-refractivity contribution in [2.24, 2.45) is 5.92 Å². The van der Waals surface area contributed by atoms with Gasteiger partial charge in [0.2, 0.25) is 11.8 Å². The number of aliphatic hydroxyl groups excluding tert-OH is 1. The van der Waals surface area contributed by atoms with E-state index in [9.17, 15) is 14.7 Å². The van der Waals surface area contributed by atoms with Crippen LogP contribution in [0.3, 0.4) is 0 Å². The Kier molecular flexibility index (Phi) is 7.93. The average Bonchev–Trinajstić information content (AvgIpc) is 3.21. The molecule has 0 aromatic heterocycles. The lowest BCUT2D eigenvalue weighted by atomic mass is 9.74. The zero-order valence-electron chi connectivity index (χ0n) is 18.6. The third-order valence-corrected chi connectivity index (χ3v) is 7.48. The van der Waals surface area contributed by atoms with E-state index in [1.165, 1.54) is 31.2 Å². The van der Waals surface area contributed by atoms with E-state index in [-0.39, 0.29) is 23.3 Å². The molecule has 2 amide bonds. The second-order valence-electron chi connectivity index (χ2n) is 9.46. The van der Waals surface area contributed by atoms with Gasteiger partial charge in [0.15, 0.2) is 0 Å². The van der Waals surface area contributed by atoms with Crippen LogP contribution in [-0.4, -0.2) is 47.6 Å². The minimum Gasteiger partial charge on any atom is -0.391 e. The third kappa shape index (κ3) is 5.63. The van der Waals surface area contributed by atoms with Gasteiger partial charge in [-0.15, -0.1) is 0 Å². The zero-order chi connectivity index (χ0) is 21.6. The molecule has 2 aliphatic carbocycles. The molecule has 1 aromatic rings. The summed E-state index contributed by atoms with van der Waals surface area (Å²) >= 11 is 0. The van der Waals surface area contributed by atoms with Crippen LogP contribution in [0.25, 0.3) is 0 Å². The highest BCUT2D eigenvalue weighted by molar-refractivity contribution is 5.76. The molecule has 3 rings (SSSR count). The van der Waals surface area contributed by atoms with Crippen molar-refractivity contribution < 1.29 is 14.7 Å².